The lowest BCUT2D eigenvalue weighted by Gasteiger charge is -2.21. The molecular formula is C17H19BrClNO. The Labute approximate surface area is 139 Å². The molecule has 21 heavy (non-hydrogen) atoms. The van der Waals surface area contributed by atoms with Crippen molar-refractivity contribution in [3.8, 4) is 5.75 Å². The van der Waals surface area contributed by atoms with Crippen LogP contribution < -0.4 is 10.1 Å². The van der Waals surface area contributed by atoms with Crippen LogP contribution in [0.5, 0.6) is 5.75 Å². The highest BCUT2D eigenvalue weighted by atomic mass is 79.9. The number of halogens is 2. The number of hydrogen-bond acceptors (Lipinski definition) is 2. The zero-order chi connectivity index (χ0) is 15.6. The molecule has 2 rings (SSSR count). The van der Waals surface area contributed by atoms with E-state index in [4.69, 9.17) is 16.3 Å². The summed E-state index contributed by atoms with van der Waals surface area (Å²) in [5.41, 5.74) is 4.74. The predicted molar refractivity (Wildman–Crippen MR) is 92.5 cm³/mol. The average Bonchev–Trinajstić information content (AvgIpc) is 2.46. The zero-order valence-electron chi connectivity index (χ0n) is 12.6. The normalized spacial score (nSPS) is 12.3. The summed E-state index contributed by atoms with van der Waals surface area (Å²) in [6.45, 7) is 4.17. The highest BCUT2D eigenvalue weighted by Gasteiger charge is 2.17. The largest absolute Gasteiger partial charge is 0.496 e. The van der Waals surface area contributed by atoms with Gasteiger partial charge in [0, 0.05) is 4.47 Å². The first-order chi connectivity index (χ1) is 9.97. The van der Waals surface area contributed by atoms with Gasteiger partial charge in [-0.25, -0.2) is 0 Å². The van der Waals surface area contributed by atoms with E-state index in [0.717, 1.165) is 20.8 Å². The van der Waals surface area contributed by atoms with Gasteiger partial charge in [-0.2, -0.15) is 0 Å². The second kappa shape index (κ2) is 6.82. The van der Waals surface area contributed by atoms with Crippen molar-refractivity contribution in [2.75, 3.05) is 14.2 Å². The van der Waals surface area contributed by atoms with Crippen LogP contribution in [0.1, 0.15) is 28.3 Å². The van der Waals surface area contributed by atoms with Crippen molar-refractivity contribution in [1.82, 2.24) is 5.32 Å². The number of benzene rings is 2. The van der Waals surface area contributed by atoms with Crippen LogP contribution in [0.15, 0.2) is 34.8 Å². The minimum absolute atomic E-state index is 0.114. The van der Waals surface area contributed by atoms with E-state index in [0.29, 0.717) is 0 Å². The fourth-order valence-corrected chi connectivity index (χ4v) is 3.05. The van der Waals surface area contributed by atoms with Gasteiger partial charge >= 0.3 is 0 Å². The molecule has 0 spiro atoms. The Hall–Kier alpha value is -1.03. The van der Waals surface area contributed by atoms with E-state index in [1.165, 1.54) is 16.7 Å². The molecule has 0 fully saturated rings. The Morgan fingerprint density at radius 3 is 2.43 bits per heavy atom. The van der Waals surface area contributed by atoms with Gasteiger partial charge in [0.2, 0.25) is 0 Å². The Morgan fingerprint density at radius 2 is 1.86 bits per heavy atom. The van der Waals surface area contributed by atoms with E-state index in [1.54, 1.807) is 7.11 Å². The van der Waals surface area contributed by atoms with Crippen LogP contribution in [0.25, 0.3) is 0 Å². The molecule has 0 aliphatic heterocycles. The first kappa shape index (κ1) is 16.3. The van der Waals surface area contributed by atoms with Crippen molar-refractivity contribution in [2.24, 2.45) is 0 Å². The van der Waals surface area contributed by atoms with E-state index in [-0.39, 0.29) is 6.04 Å². The molecule has 0 aliphatic rings. The topological polar surface area (TPSA) is 21.3 Å². The summed E-state index contributed by atoms with van der Waals surface area (Å²) < 4.78 is 6.30. The predicted octanol–water partition coefficient (Wildman–Crippen LogP) is 5.04. The highest BCUT2D eigenvalue weighted by molar-refractivity contribution is 9.10. The molecule has 0 aliphatic carbocycles. The van der Waals surface area contributed by atoms with Crippen LogP contribution in [0.3, 0.4) is 0 Å². The van der Waals surface area contributed by atoms with Crippen molar-refractivity contribution >= 4 is 27.5 Å². The molecule has 2 aromatic rings. The molecule has 0 aromatic heterocycles. The third-order valence-corrected chi connectivity index (χ3v) is 4.87. The lowest BCUT2D eigenvalue weighted by atomic mass is 9.93. The second-order valence-corrected chi connectivity index (χ2v) is 6.34. The van der Waals surface area contributed by atoms with Gasteiger partial charge in [0.1, 0.15) is 5.75 Å². The van der Waals surface area contributed by atoms with E-state index in [2.05, 4.69) is 53.3 Å². The van der Waals surface area contributed by atoms with Gasteiger partial charge in [-0.3, -0.25) is 0 Å². The minimum Gasteiger partial charge on any atom is -0.496 e. The number of ether oxygens (including phenoxy) is 1. The van der Waals surface area contributed by atoms with Crippen LogP contribution in [-0.4, -0.2) is 14.2 Å². The molecule has 0 bridgehead atoms. The Bertz CT molecular complexity index is 657. The molecule has 1 unspecified atom stereocenters. The summed E-state index contributed by atoms with van der Waals surface area (Å²) in [6.07, 6.45) is 0. The van der Waals surface area contributed by atoms with Gasteiger partial charge in [-0.1, -0.05) is 23.7 Å². The third kappa shape index (κ3) is 3.42. The van der Waals surface area contributed by atoms with Crippen molar-refractivity contribution in [3.05, 3.63) is 62.1 Å². The van der Waals surface area contributed by atoms with Gasteiger partial charge in [0.05, 0.1) is 18.2 Å². The fraction of sp³-hybridized carbons (Fsp3) is 0.294. The van der Waals surface area contributed by atoms with Crippen molar-refractivity contribution < 1.29 is 4.74 Å². The van der Waals surface area contributed by atoms with E-state index in [9.17, 15) is 0 Å². The third-order valence-electron chi connectivity index (χ3n) is 3.66. The van der Waals surface area contributed by atoms with Gasteiger partial charge in [-0.05, 0) is 77.3 Å². The first-order valence-corrected chi connectivity index (χ1v) is 7.92. The summed E-state index contributed by atoms with van der Waals surface area (Å²) in [6, 6.07) is 10.4. The van der Waals surface area contributed by atoms with Crippen LogP contribution >= 0.6 is 27.5 Å². The van der Waals surface area contributed by atoms with E-state index < -0.39 is 0 Å². The monoisotopic (exact) mass is 367 g/mol. The van der Waals surface area contributed by atoms with E-state index >= 15 is 0 Å². The lowest BCUT2D eigenvalue weighted by Crippen LogP contribution is -2.19. The minimum atomic E-state index is 0.114. The molecule has 2 nitrogen and oxygen atoms in total. The molecule has 2 aromatic carbocycles. The van der Waals surface area contributed by atoms with Crippen LogP contribution in [0.4, 0.5) is 0 Å². The number of hydrogen-bond donors (Lipinski definition) is 1. The van der Waals surface area contributed by atoms with Crippen LogP contribution in [0.2, 0.25) is 5.02 Å². The highest BCUT2D eigenvalue weighted by Crippen LogP contribution is 2.32. The quantitative estimate of drug-likeness (QED) is 0.816. The van der Waals surface area contributed by atoms with Crippen molar-refractivity contribution in [2.45, 2.75) is 19.9 Å². The van der Waals surface area contributed by atoms with Crippen molar-refractivity contribution in [1.29, 1.82) is 0 Å². The average molecular weight is 369 g/mol. The van der Waals surface area contributed by atoms with Gasteiger partial charge in [0.25, 0.3) is 0 Å². The number of rotatable bonds is 4. The smallest absolute Gasteiger partial charge is 0.122 e. The Morgan fingerprint density at radius 1 is 1.14 bits per heavy atom. The number of aryl methyl sites for hydroxylation is 2. The summed E-state index contributed by atoms with van der Waals surface area (Å²) in [5, 5.41) is 4.10. The van der Waals surface area contributed by atoms with Crippen molar-refractivity contribution in [3.63, 3.8) is 0 Å². The number of methoxy groups -OCH3 is 1. The molecule has 1 N–H and O–H groups in total. The van der Waals surface area contributed by atoms with Gasteiger partial charge in [0.15, 0.2) is 0 Å². The van der Waals surface area contributed by atoms with Crippen LogP contribution in [0, 0.1) is 13.8 Å². The molecule has 0 radical (unpaired) electrons. The van der Waals surface area contributed by atoms with Crippen LogP contribution in [-0.2, 0) is 0 Å². The summed E-state index contributed by atoms with van der Waals surface area (Å²) in [7, 11) is 3.67. The second-order valence-electron chi connectivity index (χ2n) is 5.07. The van der Waals surface area contributed by atoms with Gasteiger partial charge < -0.3 is 10.1 Å². The molecule has 112 valence electrons. The maximum Gasteiger partial charge on any atom is 0.122 e. The SMILES string of the molecule is CNC(c1ccc(Cl)c(Br)c1)c1cc(C)c(OC)cc1C. The molecule has 0 heterocycles. The molecule has 0 amide bonds. The molecular weight excluding hydrogens is 350 g/mol. The molecule has 1 atom stereocenters. The Kier molecular flexibility index (Phi) is 5.31. The molecule has 4 heteroatoms. The Balaban J connectivity index is 2.50. The maximum atomic E-state index is 6.09. The maximum absolute atomic E-state index is 6.09. The summed E-state index contributed by atoms with van der Waals surface area (Å²) in [4.78, 5) is 0. The molecule has 0 saturated heterocycles. The van der Waals surface area contributed by atoms with Gasteiger partial charge in [-0.15, -0.1) is 0 Å². The summed E-state index contributed by atoms with van der Waals surface area (Å²) in [5.74, 6) is 0.920. The fourth-order valence-electron chi connectivity index (χ4n) is 2.54. The van der Waals surface area contributed by atoms with E-state index in [1.807, 2.05) is 19.2 Å². The first-order valence-electron chi connectivity index (χ1n) is 6.75. The lowest BCUT2D eigenvalue weighted by molar-refractivity contribution is 0.411. The zero-order valence-corrected chi connectivity index (χ0v) is 15.0. The molecule has 0 saturated carbocycles. The number of nitrogens with one attached hydrogen (secondary N) is 1. The summed E-state index contributed by atoms with van der Waals surface area (Å²) >= 11 is 9.58. The standard InChI is InChI=1S/C17H19BrClNO/c1-10-8-16(21-4)11(2)7-13(10)17(20-3)12-5-6-15(19)14(18)9-12/h5-9,17,20H,1-4H3.